The normalized spacial score (nSPS) is 29.1. The first kappa shape index (κ1) is 13.3. The third-order valence-electron chi connectivity index (χ3n) is 5.87. The van der Waals surface area contributed by atoms with Gasteiger partial charge in [-0.15, -0.1) is 0 Å². The Morgan fingerprint density at radius 2 is 1.52 bits per heavy atom. The summed E-state index contributed by atoms with van der Waals surface area (Å²) in [7, 11) is 0. The highest BCUT2D eigenvalue weighted by Gasteiger charge is 2.47. The molecular formula is C20H24O. The fraction of sp³-hybridized carbons (Fsp3) is 0.550. The molecule has 21 heavy (non-hydrogen) atoms. The molecule has 0 heterocycles. The van der Waals surface area contributed by atoms with E-state index in [2.05, 4.69) is 30.3 Å². The molecule has 1 heteroatoms. The van der Waals surface area contributed by atoms with Crippen LogP contribution in [0.4, 0.5) is 0 Å². The number of benzene rings is 1. The van der Waals surface area contributed by atoms with Gasteiger partial charge in [0.2, 0.25) is 0 Å². The van der Waals surface area contributed by atoms with Crippen molar-refractivity contribution in [3.8, 4) is 0 Å². The molecule has 0 aliphatic heterocycles. The summed E-state index contributed by atoms with van der Waals surface area (Å²) in [6.07, 6.45) is 9.90. The number of ketones is 1. The van der Waals surface area contributed by atoms with Crippen LogP contribution < -0.4 is 0 Å². The molecule has 0 radical (unpaired) electrons. The molecule has 2 fully saturated rings. The quantitative estimate of drug-likeness (QED) is 0.759. The van der Waals surface area contributed by atoms with Crippen LogP contribution >= 0.6 is 0 Å². The maximum absolute atomic E-state index is 13.0. The van der Waals surface area contributed by atoms with Gasteiger partial charge in [0, 0.05) is 11.5 Å². The fourth-order valence-corrected chi connectivity index (χ4v) is 4.84. The number of allylic oxidation sites excluding steroid dienone is 2. The predicted octanol–water partition coefficient (Wildman–Crippen LogP) is 5.02. The largest absolute Gasteiger partial charge is 0.294 e. The van der Waals surface area contributed by atoms with Crippen molar-refractivity contribution in [2.75, 3.05) is 0 Å². The first-order valence-corrected chi connectivity index (χ1v) is 8.70. The van der Waals surface area contributed by atoms with Crippen molar-refractivity contribution >= 4 is 11.4 Å². The average Bonchev–Trinajstić information content (AvgIpc) is 2.93. The van der Waals surface area contributed by atoms with E-state index >= 15 is 0 Å². The van der Waals surface area contributed by atoms with Crippen molar-refractivity contribution in [2.45, 2.75) is 51.4 Å². The lowest BCUT2D eigenvalue weighted by Crippen LogP contribution is -2.34. The molecule has 0 bridgehead atoms. The lowest BCUT2D eigenvalue weighted by Gasteiger charge is -2.39. The number of rotatable bonds is 3. The first-order valence-electron chi connectivity index (χ1n) is 8.70. The van der Waals surface area contributed by atoms with Gasteiger partial charge in [0.25, 0.3) is 0 Å². The predicted molar refractivity (Wildman–Crippen MR) is 85.8 cm³/mol. The Morgan fingerprint density at radius 1 is 0.810 bits per heavy atom. The highest BCUT2D eigenvalue weighted by Crippen LogP contribution is 2.56. The Hall–Kier alpha value is -1.37. The van der Waals surface area contributed by atoms with Crippen LogP contribution in [0.15, 0.2) is 35.9 Å². The second-order valence-corrected chi connectivity index (χ2v) is 7.04. The summed E-state index contributed by atoms with van der Waals surface area (Å²) in [4.78, 5) is 13.0. The van der Waals surface area contributed by atoms with Gasteiger partial charge < -0.3 is 0 Å². The molecule has 110 valence electrons. The number of carbonyl (C=O) groups excluding carboxylic acids is 1. The summed E-state index contributed by atoms with van der Waals surface area (Å²) in [5.41, 5.74) is 3.95. The van der Waals surface area contributed by atoms with Crippen molar-refractivity contribution < 1.29 is 4.79 Å². The number of hydrogen-bond acceptors (Lipinski definition) is 1. The van der Waals surface area contributed by atoms with E-state index in [1.165, 1.54) is 55.2 Å². The topological polar surface area (TPSA) is 17.1 Å². The van der Waals surface area contributed by atoms with Gasteiger partial charge in [0.15, 0.2) is 5.78 Å². The third kappa shape index (κ3) is 2.18. The molecule has 0 saturated heterocycles. The highest BCUT2D eigenvalue weighted by molar-refractivity contribution is 6.08. The Balaban J connectivity index is 1.69. The molecular weight excluding hydrogens is 256 g/mol. The molecule has 0 amide bonds. The van der Waals surface area contributed by atoms with Crippen LogP contribution in [-0.2, 0) is 4.79 Å². The van der Waals surface area contributed by atoms with Crippen LogP contribution in [0.5, 0.6) is 0 Å². The summed E-state index contributed by atoms with van der Waals surface area (Å²) < 4.78 is 0. The molecule has 0 spiro atoms. The van der Waals surface area contributed by atoms with Crippen molar-refractivity contribution in [1.82, 2.24) is 0 Å². The molecule has 2 saturated carbocycles. The molecule has 3 aliphatic carbocycles. The van der Waals surface area contributed by atoms with E-state index in [9.17, 15) is 4.79 Å². The molecule has 0 aromatic heterocycles. The van der Waals surface area contributed by atoms with Gasteiger partial charge in [0.05, 0.1) is 0 Å². The monoisotopic (exact) mass is 280 g/mol. The molecule has 4 rings (SSSR count). The summed E-state index contributed by atoms with van der Waals surface area (Å²) in [5, 5.41) is 0. The lowest BCUT2D eigenvalue weighted by atomic mass is 9.63. The molecule has 1 aromatic rings. The standard InChI is InChI=1S/C20H24O/c21-20(15-10-5-2-6-11-15)19-17-13-7-12-16(17)18(19)14-8-3-1-4-9-14/h1,3-4,8-9,15-17H,2,5-7,10-13H2. The SMILES string of the molecule is O=C(C1=C(c2ccccc2)C2CCCC12)C1CCCCC1. The van der Waals surface area contributed by atoms with Crippen molar-refractivity contribution in [2.24, 2.45) is 17.8 Å². The third-order valence-corrected chi connectivity index (χ3v) is 5.87. The van der Waals surface area contributed by atoms with E-state index in [1.54, 1.807) is 0 Å². The Kier molecular flexibility index (Phi) is 3.45. The van der Waals surface area contributed by atoms with Crippen LogP contribution in [-0.4, -0.2) is 5.78 Å². The van der Waals surface area contributed by atoms with Gasteiger partial charge >= 0.3 is 0 Å². The first-order chi connectivity index (χ1) is 10.4. The van der Waals surface area contributed by atoms with E-state index in [4.69, 9.17) is 0 Å². The van der Waals surface area contributed by atoms with Crippen molar-refractivity contribution in [3.05, 3.63) is 41.5 Å². The van der Waals surface area contributed by atoms with E-state index in [-0.39, 0.29) is 0 Å². The number of fused-ring (bicyclic) bond motifs is 1. The number of carbonyl (C=O) groups is 1. The van der Waals surface area contributed by atoms with E-state index in [0.29, 0.717) is 23.5 Å². The van der Waals surface area contributed by atoms with E-state index < -0.39 is 0 Å². The zero-order chi connectivity index (χ0) is 14.2. The van der Waals surface area contributed by atoms with Crippen LogP contribution in [0, 0.1) is 17.8 Å². The smallest absolute Gasteiger partial charge is 0.162 e. The zero-order valence-electron chi connectivity index (χ0n) is 12.7. The van der Waals surface area contributed by atoms with Crippen molar-refractivity contribution in [3.63, 3.8) is 0 Å². The minimum Gasteiger partial charge on any atom is -0.294 e. The van der Waals surface area contributed by atoms with Crippen LogP contribution in [0.2, 0.25) is 0 Å². The van der Waals surface area contributed by atoms with Gasteiger partial charge in [-0.2, -0.15) is 0 Å². The van der Waals surface area contributed by atoms with Gasteiger partial charge in [-0.05, 0) is 48.7 Å². The van der Waals surface area contributed by atoms with Crippen molar-refractivity contribution in [1.29, 1.82) is 0 Å². The summed E-state index contributed by atoms with van der Waals surface area (Å²) in [6.45, 7) is 0. The fourth-order valence-electron chi connectivity index (χ4n) is 4.84. The van der Waals surface area contributed by atoms with Crippen LogP contribution in [0.1, 0.15) is 56.9 Å². The maximum atomic E-state index is 13.0. The Morgan fingerprint density at radius 3 is 2.29 bits per heavy atom. The Labute approximate surface area is 127 Å². The molecule has 2 unspecified atom stereocenters. The molecule has 0 N–H and O–H groups in total. The van der Waals surface area contributed by atoms with E-state index in [0.717, 1.165) is 12.8 Å². The molecule has 3 aliphatic rings. The molecule has 1 aromatic carbocycles. The average molecular weight is 280 g/mol. The second kappa shape index (κ2) is 5.44. The van der Waals surface area contributed by atoms with E-state index in [1.807, 2.05) is 0 Å². The molecule has 2 atom stereocenters. The maximum Gasteiger partial charge on any atom is 0.162 e. The van der Waals surface area contributed by atoms with Gasteiger partial charge in [-0.3, -0.25) is 4.79 Å². The van der Waals surface area contributed by atoms with Crippen LogP contribution in [0.25, 0.3) is 5.57 Å². The zero-order valence-corrected chi connectivity index (χ0v) is 12.7. The second-order valence-electron chi connectivity index (χ2n) is 7.04. The van der Waals surface area contributed by atoms with Gasteiger partial charge in [-0.25, -0.2) is 0 Å². The minimum atomic E-state index is 0.328. The lowest BCUT2D eigenvalue weighted by molar-refractivity contribution is -0.121. The summed E-state index contributed by atoms with van der Waals surface area (Å²) >= 11 is 0. The molecule has 1 nitrogen and oxygen atoms in total. The van der Waals surface area contributed by atoms with Gasteiger partial charge in [0.1, 0.15) is 0 Å². The summed E-state index contributed by atoms with van der Waals surface area (Å²) in [6, 6.07) is 10.7. The number of hydrogen-bond donors (Lipinski definition) is 0. The van der Waals surface area contributed by atoms with Crippen LogP contribution in [0.3, 0.4) is 0 Å². The summed E-state index contributed by atoms with van der Waals surface area (Å²) in [5.74, 6) is 2.11. The Bertz CT molecular complexity index is 563. The van der Waals surface area contributed by atoms with Gasteiger partial charge in [-0.1, -0.05) is 56.0 Å². The highest BCUT2D eigenvalue weighted by atomic mass is 16.1. The number of Topliss-reactive ketones (excluding diaryl/α,β-unsaturated/α-hetero) is 1. The minimum absolute atomic E-state index is 0.328.